The van der Waals surface area contributed by atoms with E-state index < -0.39 is 0 Å². The molecule has 0 amide bonds. The van der Waals surface area contributed by atoms with Crippen molar-refractivity contribution in [1.82, 2.24) is 10.3 Å². The van der Waals surface area contributed by atoms with E-state index in [1.165, 1.54) is 5.56 Å². The van der Waals surface area contributed by atoms with Crippen LogP contribution in [0.3, 0.4) is 0 Å². The Morgan fingerprint density at radius 3 is 3.00 bits per heavy atom. The van der Waals surface area contributed by atoms with Gasteiger partial charge in [0.25, 0.3) is 0 Å². The highest BCUT2D eigenvalue weighted by Gasteiger charge is 2.03. The van der Waals surface area contributed by atoms with E-state index in [1.807, 2.05) is 31.3 Å². The molecule has 14 heavy (non-hydrogen) atoms. The van der Waals surface area contributed by atoms with Crippen LogP contribution in [0.15, 0.2) is 30.5 Å². The van der Waals surface area contributed by atoms with Crippen LogP contribution in [0.25, 0.3) is 10.9 Å². The van der Waals surface area contributed by atoms with Gasteiger partial charge in [-0.05, 0) is 30.8 Å². The summed E-state index contributed by atoms with van der Waals surface area (Å²) in [6.07, 6.45) is 1.79. The fourth-order valence-corrected chi connectivity index (χ4v) is 1.74. The third-order valence-electron chi connectivity index (χ3n) is 2.17. The van der Waals surface area contributed by atoms with Crippen molar-refractivity contribution in [3.63, 3.8) is 0 Å². The molecule has 0 fully saturated rings. The van der Waals surface area contributed by atoms with Gasteiger partial charge in [-0.2, -0.15) is 0 Å². The quantitative estimate of drug-likeness (QED) is 0.817. The average Bonchev–Trinajstić information content (AvgIpc) is 2.23. The third-order valence-corrected chi connectivity index (χ3v) is 2.50. The number of rotatable bonds is 2. The van der Waals surface area contributed by atoms with Crippen molar-refractivity contribution in [3.05, 3.63) is 41.0 Å². The Hall–Kier alpha value is -1.12. The summed E-state index contributed by atoms with van der Waals surface area (Å²) in [6, 6.07) is 7.81. The van der Waals surface area contributed by atoms with Gasteiger partial charge in [0.05, 0.1) is 5.52 Å². The third kappa shape index (κ3) is 1.59. The molecule has 1 N–H and O–H groups in total. The van der Waals surface area contributed by atoms with E-state index in [4.69, 9.17) is 11.6 Å². The molecule has 0 unspecified atom stereocenters. The molecule has 0 aliphatic rings. The standard InChI is InChI=1S/C11H11ClN2/c1-13-7-8-4-5-10(12)9-3-2-6-14-11(8)9/h2-6,13H,7H2,1H3. The van der Waals surface area contributed by atoms with Gasteiger partial charge in [-0.1, -0.05) is 17.7 Å². The minimum absolute atomic E-state index is 0.757. The average molecular weight is 207 g/mol. The predicted molar refractivity (Wildman–Crippen MR) is 59.5 cm³/mol. The number of nitrogens with one attached hydrogen (secondary N) is 1. The smallest absolute Gasteiger partial charge is 0.0761 e. The van der Waals surface area contributed by atoms with Gasteiger partial charge in [-0.15, -0.1) is 0 Å². The lowest BCUT2D eigenvalue weighted by Gasteiger charge is -2.05. The molecule has 2 rings (SSSR count). The van der Waals surface area contributed by atoms with Crippen molar-refractivity contribution in [2.45, 2.75) is 6.54 Å². The van der Waals surface area contributed by atoms with Crippen molar-refractivity contribution < 1.29 is 0 Å². The number of fused-ring (bicyclic) bond motifs is 1. The molecule has 0 bridgehead atoms. The minimum atomic E-state index is 0.757. The van der Waals surface area contributed by atoms with Crippen LogP contribution >= 0.6 is 11.6 Å². The van der Waals surface area contributed by atoms with Gasteiger partial charge in [0.2, 0.25) is 0 Å². The van der Waals surface area contributed by atoms with E-state index in [2.05, 4.69) is 10.3 Å². The van der Waals surface area contributed by atoms with Gasteiger partial charge < -0.3 is 5.32 Å². The van der Waals surface area contributed by atoms with Crippen LogP contribution in [0.2, 0.25) is 5.02 Å². The van der Waals surface area contributed by atoms with Gasteiger partial charge in [0, 0.05) is 23.2 Å². The summed E-state index contributed by atoms with van der Waals surface area (Å²) in [6.45, 7) is 0.810. The Morgan fingerprint density at radius 1 is 1.36 bits per heavy atom. The fourth-order valence-electron chi connectivity index (χ4n) is 1.53. The molecule has 2 nitrogen and oxygen atoms in total. The summed E-state index contributed by atoms with van der Waals surface area (Å²) in [4.78, 5) is 4.34. The first-order valence-electron chi connectivity index (χ1n) is 4.49. The second-order valence-electron chi connectivity index (χ2n) is 3.14. The highest BCUT2D eigenvalue weighted by atomic mass is 35.5. The molecule has 2 aromatic rings. The summed E-state index contributed by atoms with van der Waals surface area (Å²) in [7, 11) is 1.92. The summed E-state index contributed by atoms with van der Waals surface area (Å²) in [5.41, 5.74) is 2.15. The SMILES string of the molecule is CNCc1ccc(Cl)c2cccnc12. The van der Waals surface area contributed by atoms with Gasteiger partial charge in [-0.25, -0.2) is 0 Å². The number of nitrogens with zero attached hydrogens (tertiary/aromatic N) is 1. The zero-order chi connectivity index (χ0) is 9.97. The molecule has 3 heteroatoms. The van der Waals surface area contributed by atoms with Gasteiger partial charge >= 0.3 is 0 Å². The topological polar surface area (TPSA) is 24.9 Å². The first kappa shape index (κ1) is 9.44. The maximum atomic E-state index is 6.07. The van der Waals surface area contributed by atoms with Gasteiger partial charge in [0.15, 0.2) is 0 Å². The number of halogens is 1. The molecule has 0 saturated carbocycles. The zero-order valence-electron chi connectivity index (χ0n) is 7.92. The van der Waals surface area contributed by atoms with Crippen LogP contribution in [0.4, 0.5) is 0 Å². The monoisotopic (exact) mass is 206 g/mol. The van der Waals surface area contributed by atoms with Crippen molar-refractivity contribution in [2.24, 2.45) is 0 Å². The van der Waals surface area contributed by atoms with Crippen molar-refractivity contribution >= 4 is 22.5 Å². The molecule has 0 spiro atoms. The molecular weight excluding hydrogens is 196 g/mol. The highest BCUT2D eigenvalue weighted by Crippen LogP contribution is 2.24. The van der Waals surface area contributed by atoms with E-state index in [9.17, 15) is 0 Å². The fraction of sp³-hybridized carbons (Fsp3) is 0.182. The number of hydrogen-bond acceptors (Lipinski definition) is 2. The predicted octanol–water partition coefficient (Wildman–Crippen LogP) is 2.61. The summed E-state index contributed by atoms with van der Waals surface area (Å²) >= 11 is 6.07. The zero-order valence-corrected chi connectivity index (χ0v) is 8.67. The molecule has 1 aromatic heterocycles. The summed E-state index contributed by atoms with van der Waals surface area (Å²) < 4.78 is 0. The number of benzene rings is 1. The molecule has 1 aromatic carbocycles. The van der Waals surface area contributed by atoms with Crippen LogP contribution in [-0.2, 0) is 6.54 Å². The van der Waals surface area contributed by atoms with E-state index in [0.29, 0.717) is 0 Å². The number of hydrogen-bond donors (Lipinski definition) is 1. The lowest BCUT2D eigenvalue weighted by Crippen LogP contribution is -2.05. The first-order valence-corrected chi connectivity index (χ1v) is 4.87. The highest BCUT2D eigenvalue weighted by molar-refractivity contribution is 6.35. The van der Waals surface area contributed by atoms with Crippen LogP contribution < -0.4 is 5.32 Å². The Balaban J connectivity index is 2.68. The Kier molecular flexibility index (Phi) is 2.66. The number of aromatic nitrogens is 1. The normalized spacial score (nSPS) is 10.7. The Bertz CT molecular complexity index is 454. The lowest BCUT2D eigenvalue weighted by atomic mass is 10.1. The van der Waals surface area contributed by atoms with E-state index >= 15 is 0 Å². The van der Waals surface area contributed by atoms with E-state index in [1.54, 1.807) is 6.20 Å². The molecule has 0 aliphatic heterocycles. The molecule has 0 atom stereocenters. The summed E-state index contributed by atoms with van der Waals surface area (Å²) in [5, 5.41) is 4.89. The van der Waals surface area contributed by atoms with Crippen LogP contribution in [-0.4, -0.2) is 12.0 Å². The second-order valence-corrected chi connectivity index (χ2v) is 3.54. The van der Waals surface area contributed by atoms with Crippen molar-refractivity contribution in [2.75, 3.05) is 7.05 Å². The lowest BCUT2D eigenvalue weighted by molar-refractivity contribution is 0.822. The van der Waals surface area contributed by atoms with Crippen LogP contribution in [0, 0.1) is 0 Å². The Morgan fingerprint density at radius 2 is 2.21 bits per heavy atom. The molecule has 1 heterocycles. The number of pyridine rings is 1. The molecule has 0 radical (unpaired) electrons. The second kappa shape index (κ2) is 3.95. The summed E-state index contributed by atoms with van der Waals surface area (Å²) in [5.74, 6) is 0. The largest absolute Gasteiger partial charge is 0.316 e. The van der Waals surface area contributed by atoms with Crippen molar-refractivity contribution in [3.8, 4) is 0 Å². The van der Waals surface area contributed by atoms with E-state index in [0.717, 1.165) is 22.5 Å². The Labute approximate surface area is 87.9 Å². The molecular formula is C11H11ClN2. The van der Waals surface area contributed by atoms with Crippen LogP contribution in [0.1, 0.15) is 5.56 Å². The maximum absolute atomic E-state index is 6.07. The van der Waals surface area contributed by atoms with Crippen molar-refractivity contribution in [1.29, 1.82) is 0 Å². The first-order chi connectivity index (χ1) is 6.83. The molecule has 0 aliphatic carbocycles. The molecule has 72 valence electrons. The van der Waals surface area contributed by atoms with Crippen LogP contribution in [0.5, 0.6) is 0 Å². The van der Waals surface area contributed by atoms with Gasteiger partial charge in [0.1, 0.15) is 0 Å². The minimum Gasteiger partial charge on any atom is -0.316 e. The molecule has 0 saturated heterocycles. The van der Waals surface area contributed by atoms with Gasteiger partial charge in [-0.3, -0.25) is 4.98 Å². The van der Waals surface area contributed by atoms with E-state index in [-0.39, 0.29) is 0 Å². The maximum Gasteiger partial charge on any atom is 0.0761 e.